The third-order valence-electron chi connectivity index (χ3n) is 16.5. The quantitative estimate of drug-likeness (QED) is 0.135. The van der Waals surface area contributed by atoms with Gasteiger partial charge in [-0.15, -0.1) is 0 Å². The van der Waals surface area contributed by atoms with Crippen LogP contribution in [0.4, 0.5) is 34.1 Å². The molecule has 3 aliphatic carbocycles. The van der Waals surface area contributed by atoms with E-state index in [2.05, 4.69) is 245 Å². The fourth-order valence-corrected chi connectivity index (χ4v) is 13.2. The Kier molecular flexibility index (Phi) is 11.9. The van der Waals surface area contributed by atoms with Gasteiger partial charge in [0.25, 0.3) is 0 Å². The number of fused-ring (bicyclic) bond motifs is 3. The maximum absolute atomic E-state index is 2.48. The highest BCUT2D eigenvalue weighted by Gasteiger charge is 2.48. The minimum atomic E-state index is -0.153. The summed E-state index contributed by atoms with van der Waals surface area (Å²) in [7, 11) is 0. The van der Waals surface area contributed by atoms with Gasteiger partial charge in [0.1, 0.15) is 0 Å². The van der Waals surface area contributed by atoms with Gasteiger partial charge in [-0.2, -0.15) is 0 Å². The van der Waals surface area contributed by atoms with E-state index in [1.54, 1.807) is 0 Å². The molecule has 2 unspecified atom stereocenters. The minimum absolute atomic E-state index is 0.110. The zero-order chi connectivity index (χ0) is 47.2. The average Bonchev–Trinajstić information content (AvgIpc) is 3.63. The van der Waals surface area contributed by atoms with Gasteiger partial charge in [-0.05, 0) is 166 Å². The monoisotopic (exact) mass is 901 g/mol. The summed E-state index contributed by atoms with van der Waals surface area (Å²) in [4.78, 5) is 4.90. The van der Waals surface area contributed by atoms with Crippen molar-refractivity contribution in [2.24, 2.45) is 11.3 Å². The molecule has 2 atom stereocenters. The summed E-state index contributed by atoms with van der Waals surface area (Å²) >= 11 is 0. The van der Waals surface area contributed by atoms with Crippen molar-refractivity contribution in [2.45, 2.75) is 109 Å². The highest BCUT2D eigenvalue weighted by Crippen LogP contribution is 2.57. The molecule has 11 rings (SSSR count). The average molecular weight is 901 g/mol. The van der Waals surface area contributed by atoms with Crippen LogP contribution in [0.5, 0.6) is 0 Å². The Morgan fingerprint density at radius 3 is 1.48 bits per heavy atom. The second kappa shape index (κ2) is 18.4. The van der Waals surface area contributed by atoms with Crippen LogP contribution in [0.1, 0.15) is 126 Å². The molecule has 2 saturated carbocycles. The van der Waals surface area contributed by atoms with Crippen LogP contribution >= 0.6 is 0 Å². The SMILES string of the molecule is CC1(C)c2cc(N(c3ccccc3)c3ccc(C4(c5ccc(N(c6ccccc6)c6ccc(C7CCCCC7)cc6)cc5)CCCCC4C(C)(C)C)cc3)ccc2-c2c(-c3ccccc3)cccc21. The van der Waals surface area contributed by atoms with Crippen molar-refractivity contribution in [3.05, 3.63) is 228 Å². The largest absolute Gasteiger partial charge is 0.311 e. The van der Waals surface area contributed by atoms with E-state index in [4.69, 9.17) is 0 Å². The number of anilines is 6. The fourth-order valence-electron chi connectivity index (χ4n) is 13.2. The third-order valence-corrected chi connectivity index (χ3v) is 16.5. The van der Waals surface area contributed by atoms with Crippen molar-refractivity contribution in [3.8, 4) is 22.3 Å². The van der Waals surface area contributed by atoms with Crippen molar-refractivity contribution in [1.29, 1.82) is 0 Å². The van der Waals surface area contributed by atoms with Gasteiger partial charge < -0.3 is 9.80 Å². The Morgan fingerprint density at radius 1 is 0.420 bits per heavy atom. The maximum atomic E-state index is 2.48. The van der Waals surface area contributed by atoms with Gasteiger partial charge in [-0.1, -0.05) is 194 Å². The van der Waals surface area contributed by atoms with Crippen LogP contribution in [0.15, 0.2) is 200 Å². The van der Waals surface area contributed by atoms with Gasteiger partial charge in [0.05, 0.1) is 0 Å². The minimum Gasteiger partial charge on any atom is -0.311 e. The van der Waals surface area contributed by atoms with Crippen LogP contribution in [0.3, 0.4) is 0 Å². The molecule has 3 aliphatic rings. The van der Waals surface area contributed by atoms with E-state index in [-0.39, 0.29) is 16.2 Å². The normalized spacial score (nSPS) is 18.8. The topological polar surface area (TPSA) is 6.48 Å². The predicted molar refractivity (Wildman–Crippen MR) is 293 cm³/mol. The highest BCUT2D eigenvalue weighted by molar-refractivity contribution is 5.94. The molecule has 8 aromatic carbocycles. The Bertz CT molecular complexity index is 3010. The number of hydrogen-bond acceptors (Lipinski definition) is 2. The number of hydrogen-bond donors (Lipinski definition) is 0. The molecule has 2 nitrogen and oxygen atoms in total. The number of nitrogens with zero attached hydrogens (tertiary/aromatic N) is 2. The molecule has 0 radical (unpaired) electrons. The van der Waals surface area contributed by atoms with Gasteiger partial charge in [-0.3, -0.25) is 0 Å². The molecule has 346 valence electrons. The van der Waals surface area contributed by atoms with E-state index < -0.39 is 0 Å². The summed E-state index contributed by atoms with van der Waals surface area (Å²) in [6.07, 6.45) is 11.5. The summed E-state index contributed by atoms with van der Waals surface area (Å²) in [6.45, 7) is 12.2. The Hall–Kier alpha value is -6.64. The molecule has 0 N–H and O–H groups in total. The first-order chi connectivity index (χ1) is 33.6. The first-order valence-electron chi connectivity index (χ1n) is 26.0. The van der Waals surface area contributed by atoms with Crippen LogP contribution in [0.2, 0.25) is 0 Å². The van der Waals surface area contributed by atoms with E-state index in [0.717, 1.165) is 12.1 Å². The van der Waals surface area contributed by atoms with E-state index in [1.807, 2.05) is 0 Å². The van der Waals surface area contributed by atoms with Crippen molar-refractivity contribution in [2.75, 3.05) is 9.80 Å². The fraction of sp³-hybridized carbons (Fsp3) is 0.284. The first-order valence-corrected chi connectivity index (χ1v) is 26.0. The molecule has 0 aromatic heterocycles. The zero-order valence-electron chi connectivity index (χ0n) is 41.5. The lowest BCUT2D eigenvalue weighted by molar-refractivity contribution is 0.100. The lowest BCUT2D eigenvalue weighted by Gasteiger charge is -2.51. The Balaban J connectivity index is 0.976. The van der Waals surface area contributed by atoms with E-state index in [9.17, 15) is 0 Å². The van der Waals surface area contributed by atoms with Crippen LogP contribution in [0.25, 0.3) is 22.3 Å². The number of benzene rings is 8. The molecule has 2 fully saturated rings. The van der Waals surface area contributed by atoms with E-state index in [0.29, 0.717) is 11.8 Å². The van der Waals surface area contributed by atoms with Crippen LogP contribution < -0.4 is 9.80 Å². The number of rotatable bonds is 10. The maximum Gasteiger partial charge on any atom is 0.0465 e. The molecular formula is C67H68N2. The number of para-hydroxylation sites is 2. The molecule has 8 aromatic rings. The lowest BCUT2D eigenvalue weighted by Crippen LogP contribution is -2.45. The predicted octanol–water partition coefficient (Wildman–Crippen LogP) is 19.2. The second-order valence-electron chi connectivity index (χ2n) is 21.9. The highest BCUT2D eigenvalue weighted by atomic mass is 15.1. The summed E-state index contributed by atoms with van der Waals surface area (Å²) < 4.78 is 0. The van der Waals surface area contributed by atoms with Gasteiger partial charge in [0.2, 0.25) is 0 Å². The lowest BCUT2D eigenvalue weighted by atomic mass is 9.52. The summed E-state index contributed by atoms with van der Waals surface area (Å²) in [5, 5.41) is 0. The molecule has 2 heteroatoms. The Labute approximate surface area is 412 Å². The van der Waals surface area contributed by atoms with E-state index in [1.165, 1.54) is 130 Å². The smallest absolute Gasteiger partial charge is 0.0465 e. The molecule has 0 amide bonds. The summed E-state index contributed by atoms with van der Waals surface area (Å²) in [5.74, 6) is 1.16. The molecule has 69 heavy (non-hydrogen) atoms. The van der Waals surface area contributed by atoms with Gasteiger partial charge in [0.15, 0.2) is 0 Å². The van der Waals surface area contributed by atoms with Crippen molar-refractivity contribution >= 4 is 34.1 Å². The molecule has 0 spiro atoms. The van der Waals surface area contributed by atoms with Gasteiger partial charge >= 0.3 is 0 Å². The van der Waals surface area contributed by atoms with Crippen LogP contribution in [0, 0.1) is 11.3 Å². The third kappa shape index (κ3) is 8.20. The van der Waals surface area contributed by atoms with E-state index >= 15 is 0 Å². The molecule has 0 bridgehead atoms. The first kappa shape index (κ1) is 44.8. The zero-order valence-corrected chi connectivity index (χ0v) is 41.5. The molecule has 0 heterocycles. The molecule has 0 saturated heterocycles. The Morgan fingerprint density at radius 2 is 0.913 bits per heavy atom. The van der Waals surface area contributed by atoms with Crippen molar-refractivity contribution in [1.82, 2.24) is 0 Å². The van der Waals surface area contributed by atoms with Crippen molar-refractivity contribution in [3.63, 3.8) is 0 Å². The summed E-state index contributed by atoms with van der Waals surface area (Å²) in [6, 6.07) is 75.8. The van der Waals surface area contributed by atoms with Gasteiger partial charge in [0, 0.05) is 45.0 Å². The second-order valence-corrected chi connectivity index (χ2v) is 21.9. The van der Waals surface area contributed by atoms with Crippen molar-refractivity contribution < 1.29 is 0 Å². The molecule has 0 aliphatic heterocycles. The standard InChI is InChI=1S/C67H68N2/c1-65(2,3)63-31-18-19-46-67(63,51-34-40-56(41-35-51)68(53-25-14-8-15-26-53)55-38-32-49(33-39-55)48-21-10-6-11-22-48)52-36-42-57(43-37-52)69(54-27-16-9-17-28-54)58-44-45-60-62(47-58)66(4,5)61-30-20-29-59(64(60)61)50-23-12-7-13-24-50/h7-9,12-17,20,23-30,32-45,47-48,63H,6,10-11,18-19,21-22,31,46H2,1-5H3. The molecular weight excluding hydrogens is 833 g/mol. The van der Waals surface area contributed by atoms with Crippen LogP contribution in [-0.4, -0.2) is 0 Å². The summed E-state index contributed by atoms with van der Waals surface area (Å²) in [5.41, 5.74) is 19.3. The van der Waals surface area contributed by atoms with Crippen LogP contribution in [-0.2, 0) is 10.8 Å². The van der Waals surface area contributed by atoms with Gasteiger partial charge in [-0.25, -0.2) is 0 Å².